The Morgan fingerprint density at radius 2 is 1.95 bits per heavy atom. The van der Waals surface area contributed by atoms with Gasteiger partial charge in [-0.2, -0.15) is 0 Å². The molecule has 0 saturated heterocycles. The van der Waals surface area contributed by atoms with Crippen molar-refractivity contribution in [2.24, 2.45) is 0 Å². The van der Waals surface area contributed by atoms with Crippen molar-refractivity contribution >= 4 is 34.9 Å². The van der Waals surface area contributed by atoms with Crippen LogP contribution < -0.4 is 10.6 Å². The van der Waals surface area contributed by atoms with Crippen molar-refractivity contribution in [3.05, 3.63) is 56.7 Å². The van der Waals surface area contributed by atoms with E-state index in [1.807, 2.05) is 26.0 Å². The largest absolute Gasteiger partial charge is 0.346 e. The van der Waals surface area contributed by atoms with Crippen LogP contribution in [0.4, 0.5) is 5.82 Å². The van der Waals surface area contributed by atoms with Gasteiger partial charge in [-0.3, -0.25) is 4.79 Å². The fraction of sp³-hybridized carbons (Fsp3) is 0.200. The number of anilines is 1. The zero-order valence-electron chi connectivity index (χ0n) is 11.5. The van der Waals surface area contributed by atoms with Crippen LogP contribution in [-0.4, -0.2) is 10.9 Å². The van der Waals surface area contributed by atoms with Gasteiger partial charge in [0.2, 0.25) is 0 Å². The van der Waals surface area contributed by atoms with Crippen molar-refractivity contribution in [2.45, 2.75) is 20.0 Å². The molecule has 1 amide bonds. The van der Waals surface area contributed by atoms with Crippen molar-refractivity contribution in [2.75, 3.05) is 5.32 Å². The summed E-state index contributed by atoms with van der Waals surface area (Å²) in [4.78, 5) is 16.7. The molecule has 0 saturated carbocycles. The first-order valence-electron chi connectivity index (χ1n) is 6.47. The number of amides is 1. The van der Waals surface area contributed by atoms with E-state index < -0.39 is 6.17 Å². The maximum Gasteiger partial charge on any atom is 0.257 e. The molecule has 4 nitrogen and oxygen atoms in total. The Hall–Kier alpha value is -1.78. The van der Waals surface area contributed by atoms with E-state index in [-0.39, 0.29) is 5.91 Å². The van der Waals surface area contributed by atoms with Gasteiger partial charge in [0.15, 0.2) is 0 Å². The van der Waals surface area contributed by atoms with E-state index in [1.54, 1.807) is 12.1 Å². The first kappa shape index (κ1) is 14.2. The highest BCUT2D eigenvalue weighted by Gasteiger charge is 2.28. The van der Waals surface area contributed by atoms with Crippen molar-refractivity contribution in [1.82, 2.24) is 10.3 Å². The fourth-order valence-corrected chi connectivity index (χ4v) is 2.92. The molecule has 6 heteroatoms. The molecule has 0 radical (unpaired) electrons. The molecule has 1 atom stereocenters. The summed E-state index contributed by atoms with van der Waals surface area (Å²) < 4.78 is 0. The van der Waals surface area contributed by atoms with Gasteiger partial charge in [-0.05, 0) is 31.5 Å². The summed E-state index contributed by atoms with van der Waals surface area (Å²) in [6.07, 6.45) is -0.454. The molecule has 3 rings (SSSR count). The van der Waals surface area contributed by atoms with E-state index in [0.717, 1.165) is 11.3 Å². The Kier molecular flexibility index (Phi) is 3.51. The average Bonchev–Trinajstić information content (AvgIpc) is 2.40. The second-order valence-electron chi connectivity index (χ2n) is 5.00. The Bertz CT molecular complexity index is 746. The number of nitrogens with one attached hydrogen (secondary N) is 2. The van der Waals surface area contributed by atoms with Crippen LogP contribution in [0.2, 0.25) is 10.0 Å². The Balaban J connectivity index is 2.06. The number of aryl methyl sites for hydroxylation is 2. The zero-order valence-corrected chi connectivity index (χ0v) is 13.0. The number of rotatable bonds is 1. The SMILES string of the molecule is Cc1cc(C)c2c(n1)NC(c1cccc(Cl)c1Cl)NC2=O. The molecule has 108 valence electrons. The third-order valence-electron chi connectivity index (χ3n) is 3.42. The topological polar surface area (TPSA) is 54.0 Å². The van der Waals surface area contributed by atoms with Gasteiger partial charge < -0.3 is 10.6 Å². The molecule has 1 aliphatic rings. The summed E-state index contributed by atoms with van der Waals surface area (Å²) in [5, 5.41) is 6.96. The minimum Gasteiger partial charge on any atom is -0.346 e. The highest BCUT2D eigenvalue weighted by molar-refractivity contribution is 6.42. The molecule has 1 aliphatic heterocycles. The summed E-state index contributed by atoms with van der Waals surface area (Å²) in [5.74, 6) is 0.395. The monoisotopic (exact) mass is 321 g/mol. The maximum absolute atomic E-state index is 12.3. The van der Waals surface area contributed by atoms with Crippen LogP contribution in [0.15, 0.2) is 24.3 Å². The van der Waals surface area contributed by atoms with Gasteiger partial charge >= 0.3 is 0 Å². The smallest absolute Gasteiger partial charge is 0.257 e. The van der Waals surface area contributed by atoms with Crippen LogP contribution in [0.3, 0.4) is 0 Å². The lowest BCUT2D eigenvalue weighted by Gasteiger charge is -2.29. The summed E-state index contributed by atoms with van der Waals surface area (Å²) in [6.45, 7) is 3.78. The van der Waals surface area contributed by atoms with E-state index >= 15 is 0 Å². The number of hydrogen-bond acceptors (Lipinski definition) is 3. The Morgan fingerprint density at radius 1 is 1.19 bits per heavy atom. The van der Waals surface area contributed by atoms with Gasteiger partial charge in [0, 0.05) is 11.3 Å². The summed E-state index contributed by atoms with van der Waals surface area (Å²) in [5.41, 5.74) is 3.02. The molecule has 0 fully saturated rings. The van der Waals surface area contributed by atoms with Gasteiger partial charge in [0.1, 0.15) is 12.0 Å². The third kappa shape index (κ3) is 2.45. The number of carbonyl (C=O) groups is 1. The molecular weight excluding hydrogens is 309 g/mol. The molecule has 2 heterocycles. The zero-order chi connectivity index (χ0) is 15.1. The van der Waals surface area contributed by atoms with Crippen LogP contribution in [0.1, 0.15) is 33.3 Å². The van der Waals surface area contributed by atoms with Crippen molar-refractivity contribution in [1.29, 1.82) is 0 Å². The van der Waals surface area contributed by atoms with Gasteiger partial charge in [-0.25, -0.2) is 4.98 Å². The maximum atomic E-state index is 12.3. The summed E-state index contributed by atoms with van der Waals surface area (Å²) >= 11 is 12.3. The first-order valence-corrected chi connectivity index (χ1v) is 7.22. The predicted molar refractivity (Wildman–Crippen MR) is 84.0 cm³/mol. The van der Waals surface area contributed by atoms with Gasteiger partial charge in [-0.15, -0.1) is 0 Å². The minimum atomic E-state index is -0.454. The molecule has 2 N–H and O–H groups in total. The number of halogens is 2. The number of benzene rings is 1. The molecule has 1 unspecified atom stereocenters. The van der Waals surface area contributed by atoms with Crippen molar-refractivity contribution in [3.63, 3.8) is 0 Å². The molecule has 1 aromatic carbocycles. The van der Waals surface area contributed by atoms with Crippen LogP contribution >= 0.6 is 23.2 Å². The highest BCUT2D eigenvalue weighted by Crippen LogP contribution is 2.33. The van der Waals surface area contributed by atoms with E-state index in [9.17, 15) is 4.79 Å². The van der Waals surface area contributed by atoms with Gasteiger partial charge in [-0.1, -0.05) is 35.3 Å². The average molecular weight is 322 g/mol. The highest BCUT2D eigenvalue weighted by atomic mass is 35.5. The first-order chi connectivity index (χ1) is 9.97. The Morgan fingerprint density at radius 3 is 2.71 bits per heavy atom. The fourth-order valence-electron chi connectivity index (χ4n) is 2.50. The second-order valence-corrected chi connectivity index (χ2v) is 5.78. The van der Waals surface area contributed by atoms with E-state index in [1.165, 1.54) is 0 Å². The number of fused-ring (bicyclic) bond motifs is 1. The third-order valence-corrected chi connectivity index (χ3v) is 4.25. The predicted octanol–water partition coefficient (Wildman–Crippen LogP) is 3.86. The molecule has 0 spiro atoms. The molecule has 2 aromatic rings. The molecule has 0 bridgehead atoms. The Labute approximate surface area is 132 Å². The van der Waals surface area contributed by atoms with Crippen LogP contribution in [-0.2, 0) is 0 Å². The van der Waals surface area contributed by atoms with Gasteiger partial charge in [0.25, 0.3) is 5.91 Å². The summed E-state index contributed by atoms with van der Waals surface area (Å²) in [7, 11) is 0. The summed E-state index contributed by atoms with van der Waals surface area (Å²) in [6, 6.07) is 7.20. The number of aromatic nitrogens is 1. The van der Waals surface area contributed by atoms with Gasteiger partial charge in [0.05, 0.1) is 15.6 Å². The number of nitrogens with zero attached hydrogens (tertiary/aromatic N) is 1. The molecular formula is C15H13Cl2N3O. The lowest BCUT2D eigenvalue weighted by Crippen LogP contribution is -2.39. The minimum absolute atomic E-state index is 0.171. The van der Waals surface area contributed by atoms with Crippen LogP contribution in [0, 0.1) is 13.8 Å². The van der Waals surface area contributed by atoms with Crippen molar-refractivity contribution in [3.8, 4) is 0 Å². The lowest BCUT2D eigenvalue weighted by atomic mass is 10.0. The number of pyridine rings is 1. The van der Waals surface area contributed by atoms with Crippen LogP contribution in [0.25, 0.3) is 0 Å². The standard InChI is InChI=1S/C15H13Cl2N3O/c1-7-6-8(2)18-14-11(7)15(21)20-13(19-14)9-4-3-5-10(16)12(9)17/h3-6,13H,1-2H3,(H,18,19)(H,20,21). The van der Waals surface area contributed by atoms with Crippen molar-refractivity contribution < 1.29 is 4.79 Å². The molecule has 0 aliphatic carbocycles. The van der Waals surface area contributed by atoms with E-state index in [2.05, 4.69) is 15.6 Å². The second kappa shape index (κ2) is 5.20. The number of hydrogen-bond donors (Lipinski definition) is 2. The normalized spacial score (nSPS) is 17.0. The lowest BCUT2D eigenvalue weighted by molar-refractivity contribution is 0.0934. The van der Waals surface area contributed by atoms with Crippen LogP contribution in [0.5, 0.6) is 0 Å². The van der Waals surface area contributed by atoms with E-state index in [0.29, 0.717) is 27.0 Å². The molecule has 1 aromatic heterocycles. The quantitative estimate of drug-likeness (QED) is 0.838. The van der Waals surface area contributed by atoms with E-state index in [4.69, 9.17) is 23.2 Å². The number of carbonyl (C=O) groups excluding carboxylic acids is 1. The molecule has 21 heavy (non-hydrogen) atoms.